The average molecular weight is 516 g/mol. The summed E-state index contributed by atoms with van der Waals surface area (Å²) >= 11 is 0. The predicted molar refractivity (Wildman–Crippen MR) is 168 cm³/mol. The number of nitrogens with zero attached hydrogens (tertiary/aromatic N) is 2. The summed E-state index contributed by atoms with van der Waals surface area (Å²) in [6, 6.07) is 27.1. The molecule has 0 aliphatic heterocycles. The third kappa shape index (κ3) is 5.57. The van der Waals surface area contributed by atoms with Crippen LogP contribution in [0.3, 0.4) is 0 Å². The van der Waals surface area contributed by atoms with E-state index in [9.17, 15) is 0 Å². The van der Waals surface area contributed by atoms with E-state index in [4.69, 9.17) is 0 Å². The summed E-state index contributed by atoms with van der Waals surface area (Å²) in [7, 11) is 0. The molecule has 0 saturated carbocycles. The molecular weight excluding hydrogens is 474 g/mol. The minimum atomic E-state index is 0. The standard InChI is InChI=1S/C33H41N3.ClH/c1-7-34-33-30-15-13-12-14-29(30)24(6)31(25-16-20-27(21-17-25)35(8-2)9-3)32(33)26-18-22-28(23-19-26)36(10-4)11-5;/h12-23,34H,7-11H2,1-6H3;1H. The Hall–Kier alpha value is -3.17. The Kier molecular flexibility index (Phi) is 9.88. The summed E-state index contributed by atoms with van der Waals surface area (Å²) in [5, 5.41) is 6.33. The minimum absolute atomic E-state index is 0. The Morgan fingerprint density at radius 2 is 1.00 bits per heavy atom. The molecule has 0 fully saturated rings. The van der Waals surface area contributed by atoms with Gasteiger partial charge in [-0.2, -0.15) is 0 Å². The van der Waals surface area contributed by atoms with Gasteiger partial charge in [0.15, 0.2) is 0 Å². The third-order valence-electron chi connectivity index (χ3n) is 7.40. The fourth-order valence-electron chi connectivity index (χ4n) is 5.48. The Morgan fingerprint density at radius 1 is 0.568 bits per heavy atom. The van der Waals surface area contributed by atoms with Crippen LogP contribution in [0, 0.1) is 6.92 Å². The van der Waals surface area contributed by atoms with Gasteiger partial charge in [-0.3, -0.25) is 0 Å². The zero-order chi connectivity index (χ0) is 25.7. The quantitative estimate of drug-likeness (QED) is 0.227. The number of hydrogen-bond acceptors (Lipinski definition) is 3. The van der Waals surface area contributed by atoms with Crippen LogP contribution in [-0.4, -0.2) is 32.7 Å². The van der Waals surface area contributed by atoms with Gasteiger partial charge in [0.1, 0.15) is 0 Å². The summed E-state index contributed by atoms with van der Waals surface area (Å²) in [6.45, 7) is 18.2. The van der Waals surface area contributed by atoms with E-state index in [0.717, 1.165) is 32.7 Å². The van der Waals surface area contributed by atoms with Crippen LogP contribution in [0.5, 0.6) is 0 Å². The van der Waals surface area contributed by atoms with E-state index in [-0.39, 0.29) is 12.4 Å². The molecule has 196 valence electrons. The molecule has 0 bridgehead atoms. The van der Waals surface area contributed by atoms with Gasteiger partial charge >= 0.3 is 0 Å². The zero-order valence-electron chi connectivity index (χ0n) is 23.3. The number of nitrogens with one attached hydrogen (secondary N) is 1. The molecule has 0 radical (unpaired) electrons. The molecule has 0 heterocycles. The van der Waals surface area contributed by atoms with Crippen LogP contribution >= 0.6 is 12.4 Å². The van der Waals surface area contributed by atoms with Crippen molar-refractivity contribution in [2.75, 3.05) is 47.8 Å². The molecule has 0 aliphatic rings. The van der Waals surface area contributed by atoms with E-state index in [0.29, 0.717) is 0 Å². The monoisotopic (exact) mass is 515 g/mol. The van der Waals surface area contributed by atoms with Crippen molar-refractivity contribution in [3.63, 3.8) is 0 Å². The lowest BCUT2D eigenvalue weighted by molar-refractivity contribution is 0.866. The van der Waals surface area contributed by atoms with E-state index in [2.05, 4.69) is 129 Å². The molecule has 3 nitrogen and oxygen atoms in total. The SMILES string of the molecule is CCNc1c(-c2ccc(N(CC)CC)cc2)c(-c2ccc(N(CC)CC)cc2)c(C)c2ccccc12.Cl. The first-order chi connectivity index (χ1) is 17.6. The number of rotatable bonds is 10. The molecule has 0 unspecified atom stereocenters. The fraction of sp³-hybridized carbons (Fsp3) is 0.333. The maximum Gasteiger partial charge on any atom is 0.0505 e. The van der Waals surface area contributed by atoms with Crippen molar-refractivity contribution in [1.82, 2.24) is 0 Å². The first kappa shape index (κ1) is 28.4. The minimum Gasteiger partial charge on any atom is -0.384 e. The molecule has 1 N–H and O–H groups in total. The van der Waals surface area contributed by atoms with Crippen LogP contribution in [0.2, 0.25) is 0 Å². The third-order valence-corrected chi connectivity index (χ3v) is 7.40. The zero-order valence-corrected chi connectivity index (χ0v) is 24.1. The first-order valence-electron chi connectivity index (χ1n) is 13.6. The van der Waals surface area contributed by atoms with Crippen molar-refractivity contribution in [3.8, 4) is 22.3 Å². The second-order valence-corrected chi connectivity index (χ2v) is 9.26. The Bertz CT molecular complexity index is 1290. The molecule has 37 heavy (non-hydrogen) atoms. The van der Waals surface area contributed by atoms with Crippen molar-refractivity contribution in [1.29, 1.82) is 0 Å². The van der Waals surface area contributed by atoms with E-state index < -0.39 is 0 Å². The number of aryl methyl sites for hydroxylation is 1. The molecular formula is C33H42ClN3. The molecule has 0 atom stereocenters. The average Bonchev–Trinajstić information content (AvgIpc) is 2.92. The van der Waals surface area contributed by atoms with Gasteiger partial charge in [-0.15, -0.1) is 12.4 Å². The number of fused-ring (bicyclic) bond motifs is 1. The number of anilines is 3. The first-order valence-corrected chi connectivity index (χ1v) is 13.6. The van der Waals surface area contributed by atoms with Crippen LogP contribution < -0.4 is 15.1 Å². The van der Waals surface area contributed by atoms with E-state index >= 15 is 0 Å². The van der Waals surface area contributed by atoms with Gasteiger partial charge in [-0.1, -0.05) is 48.5 Å². The van der Waals surface area contributed by atoms with E-state index in [1.807, 2.05) is 0 Å². The largest absolute Gasteiger partial charge is 0.384 e. The Labute approximate surface area is 229 Å². The number of hydrogen-bond donors (Lipinski definition) is 1. The summed E-state index contributed by atoms with van der Waals surface area (Å²) in [6.07, 6.45) is 0. The lowest BCUT2D eigenvalue weighted by atomic mass is 9.85. The van der Waals surface area contributed by atoms with Gasteiger partial charge in [0.2, 0.25) is 0 Å². The maximum absolute atomic E-state index is 3.74. The van der Waals surface area contributed by atoms with Crippen LogP contribution in [-0.2, 0) is 0 Å². The highest BCUT2D eigenvalue weighted by atomic mass is 35.5. The molecule has 0 spiro atoms. The van der Waals surface area contributed by atoms with Crippen molar-refractivity contribution < 1.29 is 0 Å². The van der Waals surface area contributed by atoms with Crippen molar-refractivity contribution >= 4 is 40.2 Å². The number of halogens is 1. The van der Waals surface area contributed by atoms with Crippen LogP contribution in [0.4, 0.5) is 17.1 Å². The second kappa shape index (κ2) is 12.9. The van der Waals surface area contributed by atoms with Crippen molar-refractivity contribution in [3.05, 3.63) is 78.4 Å². The highest BCUT2D eigenvalue weighted by Crippen LogP contribution is 2.46. The Balaban J connectivity index is 0.00000380. The highest BCUT2D eigenvalue weighted by molar-refractivity contribution is 6.10. The predicted octanol–water partition coefficient (Wildman–Crippen LogP) is 9.03. The lowest BCUT2D eigenvalue weighted by Gasteiger charge is -2.25. The highest BCUT2D eigenvalue weighted by Gasteiger charge is 2.20. The van der Waals surface area contributed by atoms with Gasteiger partial charge < -0.3 is 15.1 Å². The van der Waals surface area contributed by atoms with Crippen LogP contribution in [0.25, 0.3) is 33.0 Å². The molecule has 0 aliphatic carbocycles. The molecule has 4 aromatic rings. The van der Waals surface area contributed by atoms with Crippen molar-refractivity contribution in [2.45, 2.75) is 41.5 Å². The second-order valence-electron chi connectivity index (χ2n) is 9.26. The van der Waals surface area contributed by atoms with Gasteiger partial charge in [-0.05, 0) is 93.4 Å². The lowest BCUT2D eigenvalue weighted by Crippen LogP contribution is -2.21. The fourth-order valence-corrected chi connectivity index (χ4v) is 5.48. The topological polar surface area (TPSA) is 18.5 Å². The molecule has 0 aromatic heterocycles. The van der Waals surface area contributed by atoms with Crippen molar-refractivity contribution in [2.24, 2.45) is 0 Å². The normalized spacial score (nSPS) is 10.8. The van der Waals surface area contributed by atoms with Gasteiger partial charge in [0.05, 0.1) is 5.69 Å². The van der Waals surface area contributed by atoms with Gasteiger partial charge in [0, 0.05) is 55.0 Å². The van der Waals surface area contributed by atoms with Crippen LogP contribution in [0.1, 0.15) is 40.2 Å². The molecule has 4 aromatic carbocycles. The van der Waals surface area contributed by atoms with Crippen LogP contribution in [0.15, 0.2) is 72.8 Å². The molecule has 4 heteroatoms. The maximum atomic E-state index is 3.74. The number of benzene rings is 4. The van der Waals surface area contributed by atoms with Gasteiger partial charge in [0.25, 0.3) is 0 Å². The summed E-state index contributed by atoms with van der Waals surface area (Å²) in [5.74, 6) is 0. The molecule has 0 saturated heterocycles. The Morgan fingerprint density at radius 3 is 1.43 bits per heavy atom. The summed E-state index contributed by atoms with van der Waals surface area (Å²) in [4.78, 5) is 4.79. The molecule has 4 rings (SSSR count). The van der Waals surface area contributed by atoms with E-state index in [1.54, 1.807) is 0 Å². The molecule has 0 amide bonds. The smallest absolute Gasteiger partial charge is 0.0505 e. The summed E-state index contributed by atoms with van der Waals surface area (Å²) < 4.78 is 0. The van der Waals surface area contributed by atoms with Gasteiger partial charge in [-0.25, -0.2) is 0 Å². The van der Waals surface area contributed by atoms with E-state index in [1.165, 1.54) is 55.7 Å². The summed E-state index contributed by atoms with van der Waals surface area (Å²) in [5.41, 5.74) is 10.2.